The lowest BCUT2D eigenvalue weighted by molar-refractivity contribution is 0.146. The Morgan fingerprint density at radius 1 is 0.450 bits per heavy atom. The monoisotopic (exact) mass is 798 g/mol. The molecule has 13 heteroatoms. The van der Waals surface area contributed by atoms with Crippen LogP contribution in [0.5, 0.6) is 17.2 Å². The number of rotatable bonds is 12. The van der Waals surface area contributed by atoms with Gasteiger partial charge in [0.1, 0.15) is 58.3 Å². The van der Waals surface area contributed by atoms with Gasteiger partial charge in [0.2, 0.25) is 0 Å². The van der Waals surface area contributed by atoms with Crippen LogP contribution >= 0.6 is 0 Å². The smallest absolute Gasteiger partial charge is 0.127 e. The Morgan fingerprint density at radius 2 is 0.883 bits per heavy atom. The van der Waals surface area contributed by atoms with Gasteiger partial charge in [0, 0.05) is 54.2 Å². The average molecular weight is 799 g/mol. The molecule has 0 aliphatic heterocycles. The van der Waals surface area contributed by atoms with Gasteiger partial charge in [-0.25, -0.2) is 18.1 Å². The van der Waals surface area contributed by atoms with Crippen molar-refractivity contribution in [3.05, 3.63) is 188 Å². The molecule has 0 N–H and O–H groups in total. The summed E-state index contributed by atoms with van der Waals surface area (Å²) >= 11 is 0. The van der Waals surface area contributed by atoms with Crippen molar-refractivity contribution in [2.24, 2.45) is 0 Å². The number of hydrogen-bond donors (Lipinski definition) is 0. The van der Waals surface area contributed by atoms with Crippen LogP contribution in [-0.4, -0.2) is 60.3 Å². The molecule has 0 radical (unpaired) electrons. The topological polar surface area (TPSA) is 115 Å². The van der Waals surface area contributed by atoms with Crippen LogP contribution in [0.25, 0.3) is 56.4 Å². The second-order valence-corrected chi connectivity index (χ2v) is 13.1. The van der Waals surface area contributed by atoms with E-state index in [1.807, 2.05) is 103 Å². The van der Waals surface area contributed by atoms with Crippen LogP contribution in [0.3, 0.4) is 0 Å². The van der Waals surface area contributed by atoms with E-state index in [4.69, 9.17) is 14.2 Å². The van der Waals surface area contributed by atoms with Crippen LogP contribution in [0.1, 0.15) is 0 Å². The zero-order valence-electron chi connectivity index (χ0n) is 32.2. The van der Waals surface area contributed by atoms with Gasteiger partial charge in [-0.1, -0.05) is 28.6 Å². The second-order valence-electron chi connectivity index (χ2n) is 13.1. The quantitative estimate of drug-likeness (QED) is 0.111. The third kappa shape index (κ3) is 9.12. The van der Waals surface area contributed by atoms with Crippen molar-refractivity contribution >= 4 is 0 Å². The van der Waals surface area contributed by atoms with E-state index in [0.717, 1.165) is 62.3 Å². The molecule has 0 atom stereocenters. The minimum Gasteiger partial charge on any atom is -0.491 e. The van der Waals surface area contributed by atoms with E-state index < -0.39 is 0 Å². The molecule has 5 aromatic carbocycles. The third-order valence-electron chi connectivity index (χ3n) is 9.18. The molecule has 0 amide bonds. The number of halogens is 2. The molecule has 4 heterocycles. The fourth-order valence-corrected chi connectivity index (χ4v) is 6.27. The first-order chi connectivity index (χ1) is 29.5. The zero-order valence-corrected chi connectivity index (χ0v) is 32.2. The SMILES string of the molecule is COCCOc1ccc(-n2nnc(-c3ccc(F)cc3)c2-c2ccncc2)cc1.Fc1ccc(-c2nnn(-c3ccc(Oc4ccccc4)cc3)c2-c2ccncc2)cc1. The lowest BCUT2D eigenvalue weighted by atomic mass is 10.1. The van der Waals surface area contributed by atoms with Crippen molar-refractivity contribution in [1.82, 2.24) is 40.0 Å². The molecule has 4 aromatic heterocycles. The van der Waals surface area contributed by atoms with E-state index in [2.05, 4.69) is 30.6 Å². The first kappa shape index (κ1) is 38.9. The summed E-state index contributed by atoms with van der Waals surface area (Å²) in [5, 5.41) is 17.5. The summed E-state index contributed by atoms with van der Waals surface area (Å²) in [7, 11) is 1.64. The van der Waals surface area contributed by atoms with Crippen molar-refractivity contribution in [3.63, 3.8) is 0 Å². The Labute approximate surface area is 344 Å². The summed E-state index contributed by atoms with van der Waals surface area (Å²) < 4.78 is 46.8. The summed E-state index contributed by atoms with van der Waals surface area (Å²) in [5.74, 6) is 1.65. The van der Waals surface area contributed by atoms with E-state index in [1.54, 1.807) is 65.5 Å². The molecule has 9 aromatic rings. The number of pyridine rings is 2. The van der Waals surface area contributed by atoms with Crippen LogP contribution in [0, 0.1) is 11.6 Å². The van der Waals surface area contributed by atoms with Gasteiger partial charge in [0.05, 0.1) is 18.0 Å². The number of hydrogen-bond acceptors (Lipinski definition) is 9. The van der Waals surface area contributed by atoms with E-state index >= 15 is 0 Å². The van der Waals surface area contributed by atoms with Crippen molar-refractivity contribution in [2.45, 2.75) is 0 Å². The summed E-state index contributed by atoms with van der Waals surface area (Å²) in [6, 6.07) is 44.8. The Bertz CT molecular complexity index is 2730. The minimum atomic E-state index is -0.296. The highest BCUT2D eigenvalue weighted by molar-refractivity contribution is 5.80. The number of nitrogens with zero attached hydrogens (tertiary/aromatic N) is 8. The molecule has 296 valence electrons. The van der Waals surface area contributed by atoms with Gasteiger partial charge in [-0.05, 0) is 133 Å². The molecule has 0 unspecified atom stereocenters. The number of para-hydroxylation sites is 1. The van der Waals surface area contributed by atoms with Gasteiger partial charge < -0.3 is 14.2 Å². The van der Waals surface area contributed by atoms with Crippen molar-refractivity contribution < 1.29 is 23.0 Å². The normalized spacial score (nSPS) is 10.8. The van der Waals surface area contributed by atoms with Gasteiger partial charge in [-0.2, -0.15) is 0 Å². The van der Waals surface area contributed by atoms with Crippen molar-refractivity contribution in [3.8, 4) is 73.7 Å². The molecule has 0 aliphatic rings. The standard InChI is InChI=1S/C25H17FN4O.C22H19FN4O2/c26-20-8-6-18(7-9-20)24-25(19-14-16-27-17-15-19)30(29-28-24)21-10-12-23(13-11-21)31-22-4-2-1-3-5-22;1-28-14-15-29-20-8-6-19(7-9-20)27-22(17-10-12-24-13-11-17)21(25-26-27)16-2-4-18(23)5-3-16/h1-17H;2-13H,14-15H2,1H3. The fourth-order valence-electron chi connectivity index (χ4n) is 6.27. The Kier molecular flexibility index (Phi) is 12.1. The summed E-state index contributed by atoms with van der Waals surface area (Å²) in [6.07, 6.45) is 6.87. The van der Waals surface area contributed by atoms with Crippen molar-refractivity contribution in [2.75, 3.05) is 20.3 Å². The van der Waals surface area contributed by atoms with Crippen LogP contribution in [0.4, 0.5) is 8.78 Å². The lowest BCUT2D eigenvalue weighted by Gasteiger charge is -2.10. The fraction of sp³-hybridized carbons (Fsp3) is 0.0638. The maximum absolute atomic E-state index is 13.4. The molecule has 0 saturated carbocycles. The van der Waals surface area contributed by atoms with Gasteiger partial charge in [-0.15, -0.1) is 10.2 Å². The summed E-state index contributed by atoms with van der Waals surface area (Å²) in [4.78, 5) is 8.20. The predicted octanol–water partition coefficient (Wildman–Crippen LogP) is 10.1. The highest BCUT2D eigenvalue weighted by atomic mass is 19.1. The first-order valence-electron chi connectivity index (χ1n) is 18.8. The van der Waals surface area contributed by atoms with Crippen LogP contribution < -0.4 is 9.47 Å². The maximum Gasteiger partial charge on any atom is 0.127 e. The maximum atomic E-state index is 13.4. The molecular weight excluding hydrogens is 763 g/mol. The highest BCUT2D eigenvalue weighted by Gasteiger charge is 2.20. The van der Waals surface area contributed by atoms with E-state index in [-0.39, 0.29) is 11.6 Å². The Hall–Kier alpha value is -7.90. The molecule has 0 aliphatic carbocycles. The van der Waals surface area contributed by atoms with Crippen molar-refractivity contribution in [1.29, 1.82) is 0 Å². The average Bonchev–Trinajstić information content (AvgIpc) is 3.95. The van der Waals surface area contributed by atoms with E-state index in [0.29, 0.717) is 24.6 Å². The molecule has 60 heavy (non-hydrogen) atoms. The van der Waals surface area contributed by atoms with Crippen LogP contribution in [0.15, 0.2) is 176 Å². The zero-order chi connectivity index (χ0) is 41.1. The molecule has 0 spiro atoms. The van der Waals surface area contributed by atoms with E-state index in [9.17, 15) is 8.78 Å². The molecular formula is C47H36F2N8O3. The Balaban J connectivity index is 0.000000167. The number of methoxy groups -OCH3 is 1. The van der Waals surface area contributed by atoms with Crippen LogP contribution in [0.2, 0.25) is 0 Å². The lowest BCUT2D eigenvalue weighted by Crippen LogP contribution is -2.04. The van der Waals surface area contributed by atoms with E-state index in [1.165, 1.54) is 24.3 Å². The molecule has 0 fully saturated rings. The summed E-state index contributed by atoms with van der Waals surface area (Å²) in [6.45, 7) is 1.01. The highest BCUT2D eigenvalue weighted by Crippen LogP contribution is 2.34. The minimum absolute atomic E-state index is 0.296. The predicted molar refractivity (Wildman–Crippen MR) is 224 cm³/mol. The number of ether oxygens (including phenoxy) is 3. The third-order valence-corrected chi connectivity index (χ3v) is 9.18. The summed E-state index contributed by atoms with van der Waals surface area (Å²) in [5.41, 5.74) is 7.95. The van der Waals surface area contributed by atoms with Gasteiger partial charge in [0.15, 0.2) is 0 Å². The number of benzene rings is 5. The Morgan fingerprint density at radius 3 is 1.33 bits per heavy atom. The van der Waals surface area contributed by atoms with Gasteiger partial charge >= 0.3 is 0 Å². The molecule has 9 rings (SSSR count). The number of aromatic nitrogens is 8. The van der Waals surface area contributed by atoms with Gasteiger partial charge in [0.25, 0.3) is 0 Å². The molecule has 11 nitrogen and oxygen atoms in total. The molecule has 0 bridgehead atoms. The molecule has 0 saturated heterocycles. The largest absolute Gasteiger partial charge is 0.491 e. The first-order valence-corrected chi connectivity index (χ1v) is 18.8. The second kappa shape index (κ2) is 18.6. The van der Waals surface area contributed by atoms with Gasteiger partial charge in [-0.3, -0.25) is 9.97 Å². The van der Waals surface area contributed by atoms with Crippen LogP contribution in [-0.2, 0) is 4.74 Å².